The van der Waals surface area contributed by atoms with Gasteiger partial charge in [-0.25, -0.2) is 4.98 Å². The van der Waals surface area contributed by atoms with Gasteiger partial charge < -0.3 is 14.8 Å². The van der Waals surface area contributed by atoms with Crippen LogP contribution >= 0.6 is 27.7 Å². The Labute approximate surface area is 235 Å². The number of nitriles is 1. The van der Waals surface area contributed by atoms with Gasteiger partial charge in [-0.1, -0.05) is 53.7 Å². The molecule has 4 rings (SSSR count). The molecule has 6 nitrogen and oxygen atoms in total. The standard InChI is InChI=1S/C30H26BrN3O3S/c1-18-5-8-20(9-6-18)26-15-22(21-10-12-27(36-3)28(14-21)37-4)23(16-32)30(34-26)38-17-29(35)33-25-11-7-19(2)13-24(25)31/h5-15H,17H2,1-4H3,(H,33,35). The van der Waals surface area contributed by atoms with Crippen molar-refractivity contribution in [2.75, 3.05) is 25.3 Å². The summed E-state index contributed by atoms with van der Waals surface area (Å²) in [6.45, 7) is 4.01. The number of methoxy groups -OCH3 is 2. The van der Waals surface area contributed by atoms with E-state index in [1.807, 2.05) is 74.5 Å². The Balaban J connectivity index is 1.73. The summed E-state index contributed by atoms with van der Waals surface area (Å²) in [5.41, 5.74) is 6.40. The van der Waals surface area contributed by atoms with Crippen LogP contribution in [0.5, 0.6) is 11.5 Å². The van der Waals surface area contributed by atoms with E-state index in [1.54, 1.807) is 20.3 Å². The largest absolute Gasteiger partial charge is 0.493 e. The van der Waals surface area contributed by atoms with E-state index in [4.69, 9.17) is 14.5 Å². The molecule has 0 spiro atoms. The third-order valence-corrected chi connectivity index (χ3v) is 7.51. The number of ether oxygens (including phenoxy) is 2. The van der Waals surface area contributed by atoms with Crippen LogP contribution in [0.25, 0.3) is 22.4 Å². The summed E-state index contributed by atoms with van der Waals surface area (Å²) in [5, 5.41) is 13.6. The molecule has 0 saturated carbocycles. The number of nitrogens with one attached hydrogen (secondary N) is 1. The van der Waals surface area contributed by atoms with Crippen molar-refractivity contribution < 1.29 is 14.3 Å². The number of nitrogens with zero attached hydrogens (tertiary/aromatic N) is 2. The zero-order valence-corrected chi connectivity index (χ0v) is 23.9. The van der Waals surface area contributed by atoms with Crippen LogP contribution in [0.15, 0.2) is 76.2 Å². The zero-order chi connectivity index (χ0) is 27.2. The van der Waals surface area contributed by atoms with Crippen molar-refractivity contribution in [3.63, 3.8) is 0 Å². The van der Waals surface area contributed by atoms with Gasteiger partial charge in [0.1, 0.15) is 11.1 Å². The maximum atomic E-state index is 12.8. The Kier molecular flexibility index (Phi) is 8.72. The van der Waals surface area contributed by atoms with Gasteiger partial charge in [-0.3, -0.25) is 4.79 Å². The molecule has 38 heavy (non-hydrogen) atoms. The van der Waals surface area contributed by atoms with Gasteiger partial charge in [0.05, 0.1) is 36.9 Å². The number of rotatable bonds is 8. The molecule has 0 aliphatic rings. The lowest BCUT2D eigenvalue weighted by Gasteiger charge is -2.15. The van der Waals surface area contributed by atoms with Crippen molar-refractivity contribution in [3.05, 3.63) is 87.9 Å². The monoisotopic (exact) mass is 587 g/mol. The van der Waals surface area contributed by atoms with Crippen molar-refractivity contribution in [1.29, 1.82) is 5.26 Å². The summed E-state index contributed by atoms with van der Waals surface area (Å²) in [4.78, 5) is 17.6. The first-order valence-corrected chi connectivity index (χ1v) is 13.5. The van der Waals surface area contributed by atoms with Crippen LogP contribution in [-0.4, -0.2) is 30.9 Å². The van der Waals surface area contributed by atoms with Crippen LogP contribution in [0.3, 0.4) is 0 Å². The van der Waals surface area contributed by atoms with E-state index in [1.165, 1.54) is 11.8 Å². The molecular weight excluding hydrogens is 562 g/mol. The number of carbonyl (C=O) groups excluding carboxylic acids is 1. The molecule has 0 aliphatic carbocycles. The van der Waals surface area contributed by atoms with E-state index in [-0.39, 0.29) is 11.7 Å². The number of thioether (sulfide) groups is 1. The summed E-state index contributed by atoms with van der Waals surface area (Å²) in [7, 11) is 3.15. The van der Waals surface area contributed by atoms with Crippen LogP contribution in [0.2, 0.25) is 0 Å². The average molecular weight is 589 g/mol. The van der Waals surface area contributed by atoms with Gasteiger partial charge in [-0.05, 0) is 71.2 Å². The number of halogens is 1. The Morgan fingerprint density at radius 3 is 2.29 bits per heavy atom. The van der Waals surface area contributed by atoms with Crippen molar-refractivity contribution in [1.82, 2.24) is 4.98 Å². The van der Waals surface area contributed by atoms with Gasteiger partial charge in [0.2, 0.25) is 5.91 Å². The minimum absolute atomic E-state index is 0.0880. The molecule has 0 fully saturated rings. The van der Waals surface area contributed by atoms with E-state index in [0.29, 0.717) is 39.0 Å². The normalized spacial score (nSPS) is 10.5. The fraction of sp³-hybridized carbons (Fsp3) is 0.167. The average Bonchev–Trinajstić information content (AvgIpc) is 2.92. The maximum absolute atomic E-state index is 12.8. The predicted octanol–water partition coefficient (Wildman–Crippen LogP) is 7.41. The molecule has 0 aliphatic heterocycles. The fourth-order valence-corrected chi connectivity index (χ4v) is 5.27. The number of aryl methyl sites for hydroxylation is 2. The smallest absolute Gasteiger partial charge is 0.234 e. The molecule has 1 aromatic heterocycles. The van der Waals surface area contributed by atoms with E-state index in [9.17, 15) is 10.1 Å². The van der Waals surface area contributed by atoms with E-state index >= 15 is 0 Å². The minimum Gasteiger partial charge on any atom is -0.493 e. The van der Waals surface area contributed by atoms with Gasteiger partial charge in [0, 0.05) is 15.6 Å². The van der Waals surface area contributed by atoms with Crippen LogP contribution in [-0.2, 0) is 4.79 Å². The van der Waals surface area contributed by atoms with Crippen molar-refractivity contribution >= 4 is 39.3 Å². The Hall–Kier alpha value is -3.80. The maximum Gasteiger partial charge on any atom is 0.234 e. The topological polar surface area (TPSA) is 84.2 Å². The molecule has 4 aromatic rings. The molecule has 1 amide bonds. The number of amides is 1. The summed E-state index contributed by atoms with van der Waals surface area (Å²) >= 11 is 4.73. The number of benzene rings is 3. The van der Waals surface area contributed by atoms with Gasteiger partial charge in [0.25, 0.3) is 0 Å². The fourth-order valence-electron chi connectivity index (χ4n) is 3.88. The second-order valence-corrected chi connectivity index (χ2v) is 10.4. The van der Waals surface area contributed by atoms with E-state index in [0.717, 1.165) is 26.7 Å². The number of anilines is 1. The van der Waals surface area contributed by atoms with Gasteiger partial charge in [-0.2, -0.15) is 5.26 Å². The van der Waals surface area contributed by atoms with Crippen molar-refractivity contribution in [2.45, 2.75) is 18.9 Å². The molecule has 0 atom stereocenters. The predicted molar refractivity (Wildman–Crippen MR) is 156 cm³/mol. The SMILES string of the molecule is COc1ccc(-c2cc(-c3ccc(C)cc3)nc(SCC(=O)Nc3ccc(C)cc3Br)c2C#N)cc1OC. The Morgan fingerprint density at radius 2 is 1.63 bits per heavy atom. The van der Waals surface area contributed by atoms with Gasteiger partial charge in [-0.15, -0.1) is 0 Å². The third kappa shape index (κ3) is 6.18. The highest BCUT2D eigenvalue weighted by Crippen LogP contribution is 2.38. The Morgan fingerprint density at radius 1 is 0.947 bits per heavy atom. The molecule has 0 saturated heterocycles. The number of aromatic nitrogens is 1. The van der Waals surface area contributed by atoms with Gasteiger partial charge in [0.15, 0.2) is 11.5 Å². The first kappa shape index (κ1) is 27.2. The number of hydrogen-bond acceptors (Lipinski definition) is 6. The summed E-state index contributed by atoms with van der Waals surface area (Å²) in [5.74, 6) is 1.04. The molecule has 1 heterocycles. The lowest BCUT2D eigenvalue weighted by Crippen LogP contribution is -2.14. The summed E-state index contributed by atoms with van der Waals surface area (Å²) in [6, 6.07) is 23.5. The summed E-state index contributed by atoms with van der Waals surface area (Å²) < 4.78 is 11.7. The molecule has 0 radical (unpaired) electrons. The number of carbonyl (C=O) groups is 1. The lowest BCUT2D eigenvalue weighted by atomic mass is 9.98. The van der Waals surface area contributed by atoms with Crippen molar-refractivity contribution in [3.8, 4) is 40.0 Å². The highest BCUT2D eigenvalue weighted by molar-refractivity contribution is 9.10. The number of hydrogen-bond donors (Lipinski definition) is 1. The van der Waals surface area contributed by atoms with E-state index < -0.39 is 0 Å². The van der Waals surface area contributed by atoms with E-state index in [2.05, 4.69) is 27.3 Å². The lowest BCUT2D eigenvalue weighted by molar-refractivity contribution is -0.113. The van der Waals surface area contributed by atoms with Crippen LogP contribution in [0.1, 0.15) is 16.7 Å². The van der Waals surface area contributed by atoms with Crippen LogP contribution in [0, 0.1) is 25.2 Å². The Bertz CT molecular complexity index is 1530. The molecular formula is C30H26BrN3O3S. The zero-order valence-electron chi connectivity index (χ0n) is 21.5. The highest BCUT2D eigenvalue weighted by Gasteiger charge is 2.19. The molecule has 8 heteroatoms. The van der Waals surface area contributed by atoms with Crippen molar-refractivity contribution in [2.24, 2.45) is 0 Å². The van der Waals surface area contributed by atoms with Gasteiger partial charge >= 0.3 is 0 Å². The molecule has 3 aromatic carbocycles. The molecule has 1 N–H and O–H groups in total. The molecule has 0 bridgehead atoms. The quantitative estimate of drug-likeness (QED) is 0.216. The number of pyridine rings is 1. The first-order valence-electron chi connectivity index (χ1n) is 11.8. The van der Waals surface area contributed by atoms with Crippen LogP contribution in [0.4, 0.5) is 5.69 Å². The third-order valence-electron chi connectivity index (χ3n) is 5.88. The van der Waals surface area contributed by atoms with Crippen LogP contribution < -0.4 is 14.8 Å². The second kappa shape index (κ2) is 12.2. The first-order chi connectivity index (χ1) is 18.3. The molecule has 0 unspecified atom stereocenters. The summed E-state index contributed by atoms with van der Waals surface area (Å²) in [6.07, 6.45) is 0. The second-order valence-electron chi connectivity index (χ2n) is 8.60. The molecule has 192 valence electrons. The highest BCUT2D eigenvalue weighted by atomic mass is 79.9. The minimum atomic E-state index is -0.196.